The number of thioether (sulfide) groups is 1. The minimum atomic E-state index is -6.00. The zero-order valence-electron chi connectivity index (χ0n) is 18.2. The lowest BCUT2D eigenvalue weighted by molar-refractivity contribution is -0.301. The zero-order chi connectivity index (χ0) is 25.6. The second-order valence-electron chi connectivity index (χ2n) is 6.85. The van der Waals surface area contributed by atoms with Crippen molar-refractivity contribution in [2.24, 2.45) is 5.18 Å². The first-order valence-corrected chi connectivity index (χ1v) is 11.2. The fraction of sp³-hybridized carbons (Fsp3) is 0.409. The number of benzene rings is 2. The van der Waals surface area contributed by atoms with Crippen LogP contribution >= 0.6 is 11.8 Å². The van der Waals surface area contributed by atoms with Crippen molar-refractivity contribution in [1.82, 2.24) is 0 Å². The summed E-state index contributed by atoms with van der Waals surface area (Å²) in [5.41, 5.74) is -5.28. The van der Waals surface area contributed by atoms with Crippen LogP contribution in [0.4, 0.5) is 32.0 Å². The molecule has 0 atom stereocenters. The lowest BCUT2D eigenvalue weighted by atomic mass is 9.89. The van der Waals surface area contributed by atoms with Gasteiger partial charge in [-0.1, -0.05) is 50.2 Å². The smallest absolute Gasteiger partial charge is 0.367 e. The lowest BCUT2D eigenvalue weighted by Crippen LogP contribution is -2.52. The van der Waals surface area contributed by atoms with Gasteiger partial charge in [-0.2, -0.15) is 26.3 Å². The maximum atomic E-state index is 13.4. The van der Waals surface area contributed by atoms with E-state index in [2.05, 4.69) is 0 Å². The largest absolute Gasteiger partial charge is 0.430 e. The molecular formula is C22H22F6N2O3S. The molecular weight excluding hydrogens is 486 g/mol. The Hall–Kier alpha value is -2.60. The van der Waals surface area contributed by atoms with Gasteiger partial charge in [0.05, 0.1) is 12.3 Å². The summed E-state index contributed by atoms with van der Waals surface area (Å²) >= 11 is 0.979. The molecule has 1 amide bonds. The van der Waals surface area contributed by atoms with Crippen LogP contribution in [0.25, 0.3) is 0 Å². The van der Waals surface area contributed by atoms with E-state index in [0.29, 0.717) is 12.1 Å². The summed E-state index contributed by atoms with van der Waals surface area (Å²) in [6, 6.07) is 11.1. The second kappa shape index (κ2) is 11.2. The number of carbonyl (C=O) groups is 1. The first-order chi connectivity index (χ1) is 16.0. The van der Waals surface area contributed by atoms with Crippen molar-refractivity contribution >= 4 is 23.4 Å². The van der Waals surface area contributed by atoms with E-state index in [1.165, 1.54) is 10.1 Å². The van der Waals surface area contributed by atoms with E-state index in [4.69, 9.17) is 4.74 Å². The first kappa shape index (κ1) is 27.6. The summed E-state index contributed by atoms with van der Waals surface area (Å²) < 4.78 is 85.6. The van der Waals surface area contributed by atoms with E-state index in [-0.39, 0.29) is 36.1 Å². The van der Waals surface area contributed by atoms with Gasteiger partial charge >= 0.3 is 17.9 Å². The molecule has 0 fully saturated rings. The summed E-state index contributed by atoms with van der Waals surface area (Å²) in [6.07, 6.45) is -12.0. The molecule has 0 N–H and O–H groups in total. The molecule has 0 bridgehead atoms. The van der Waals surface area contributed by atoms with Gasteiger partial charge in [-0.15, -0.1) is 16.7 Å². The highest BCUT2D eigenvalue weighted by atomic mass is 32.2. The van der Waals surface area contributed by atoms with Gasteiger partial charge in [0.25, 0.3) is 5.91 Å². The summed E-state index contributed by atoms with van der Waals surface area (Å²) in [4.78, 5) is 24.7. The van der Waals surface area contributed by atoms with Crippen LogP contribution in [0.15, 0.2) is 58.6 Å². The second-order valence-corrected chi connectivity index (χ2v) is 7.99. The van der Waals surface area contributed by atoms with E-state index in [1.807, 2.05) is 19.9 Å². The molecule has 0 spiro atoms. The highest BCUT2D eigenvalue weighted by Crippen LogP contribution is 2.54. The Morgan fingerprint density at radius 2 is 1.65 bits per heavy atom. The Labute approximate surface area is 196 Å². The van der Waals surface area contributed by atoms with E-state index in [1.54, 1.807) is 24.3 Å². The SMILES string of the molecule is CC.O=NC(c1ccc2c(c1)SCCN2C(=O)COCc1ccccc1)(C(F)(F)F)C(F)(F)F. The van der Waals surface area contributed by atoms with Crippen LogP contribution in [-0.4, -0.2) is 37.2 Å². The normalized spacial score (nSPS) is 14.1. The van der Waals surface area contributed by atoms with Crippen molar-refractivity contribution in [3.63, 3.8) is 0 Å². The molecule has 2 aromatic carbocycles. The van der Waals surface area contributed by atoms with Gasteiger partial charge in [0.2, 0.25) is 0 Å². The third-order valence-corrected chi connectivity index (χ3v) is 5.86. The molecule has 2 aromatic rings. The molecule has 34 heavy (non-hydrogen) atoms. The van der Waals surface area contributed by atoms with E-state index >= 15 is 0 Å². The van der Waals surface area contributed by atoms with Crippen LogP contribution in [0.1, 0.15) is 25.0 Å². The summed E-state index contributed by atoms with van der Waals surface area (Å²) in [5, 5.41) is 1.49. The van der Waals surface area contributed by atoms with Gasteiger partial charge in [0.1, 0.15) is 6.61 Å². The van der Waals surface area contributed by atoms with Crippen LogP contribution in [0.3, 0.4) is 0 Å². The maximum absolute atomic E-state index is 13.4. The molecule has 186 valence electrons. The molecule has 1 aliphatic rings. The number of rotatable bonds is 6. The Balaban J connectivity index is 0.00000199. The number of nitroso groups, excluding NO2 is 1. The van der Waals surface area contributed by atoms with Gasteiger partial charge in [-0.05, 0) is 22.9 Å². The number of hydrogen-bond acceptors (Lipinski definition) is 5. The molecule has 5 nitrogen and oxygen atoms in total. The van der Waals surface area contributed by atoms with Crippen molar-refractivity contribution in [3.8, 4) is 0 Å². The summed E-state index contributed by atoms with van der Waals surface area (Å²) in [7, 11) is 0. The average Bonchev–Trinajstić information content (AvgIpc) is 2.79. The molecule has 0 aliphatic carbocycles. The summed E-state index contributed by atoms with van der Waals surface area (Å²) in [5.74, 6) is -0.262. The van der Waals surface area contributed by atoms with Crippen molar-refractivity contribution < 1.29 is 35.9 Å². The number of nitrogens with zero attached hydrogens (tertiary/aromatic N) is 2. The molecule has 1 heterocycles. The average molecular weight is 508 g/mol. The van der Waals surface area contributed by atoms with Crippen molar-refractivity contribution in [2.45, 2.75) is 43.2 Å². The first-order valence-electron chi connectivity index (χ1n) is 10.2. The lowest BCUT2D eigenvalue weighted by Gasteiger charge is -2.33. The van der Waals surface area contributed by atoms with Crippen molar-refractivity contribution in [2.75, 3.05) is 23.8 Å². The Bertz CT molecular complexity index is 969. The highest BCUT2D eigenvalue weighted by Gasteiger charge is 2.74. The van der Waals surface area contributed by atoms with Crippen LogP contribution in [-0.2, 0) is 21.7 Å². The molecule has 1 aliphatic heterocycles. The molecule has 3 rings (SSSR count). The zero-order valence-corrected chi connectivity index (χ0v) is 19.1. The fourth-order valence-electron chi connectivity index (χ4n) is 3.26. The van der Waals surface area contributed by atoms with E-state index in [0.717, 1.165) is 23.4 Å². The van der Waals surface area contributed by atoms with Gasteiger partial charge in [-0.3, -0.25) is 4.79 Å². The van der Waals surface area contributed by atoms with Gasteiger partial charge in [0.15, 0.2) is 0 Å². The quantitative estimate of drug-likeness (QED) is 0.332. The Morgan fingerprint density at radius 1 is 1.03 bits per heavy atom. The monoisotopic (exact) mass is 508 g/mol. The van der Waals surface area contributed by atoms with Gasteiger partial charge in [-0.25, -0.2) is 0 Å². The fourth-order valence-corrected chi connectivity index (χ4v) is 4.29. The maximum Gasteiger partial charge on any atom is 0.430 e. The van der Waals surface area contributed by atoms with Crippen molar-refractivity contribution in [1.29, 1.82) is 0 Å². The summed E-state index contributed by atoms with van der Waals surface area (Å²) in [6.45, 7) is 4.03. The van der Waals surface area contributed by atoms with E-state index < -0.39 is 29.4 Å². The van der Waals surface area contributed by atoms with Crippen LogP contribution in [0.2, 0.25) is 0 Å². The minimum Gasteiger partial charge on any atom is -0.367 e. The number of ether oxygens (including phenoxy) is 1. The number of carbonyl (C=O) groups excluding carboxylic acids is 1. The molecule has 0 radical (unpaired) electrons. The highest BCUT2D eigenvalue weighted by molar-refractivity contribution is 7.99. The number of halogens is 6. The number of alkyl halides is 6. The topological polar surface area (TPSA) is 59.0 Å². The predicted octanol–water partition coefficient (Wildman–Crippen LogP) is 6.45. The minimum absolute atomic E-state index is 0.00619. The Kier molecular flexibility index (Phi) is 9.12. The number of amides is 1. The molecule has 0 unspecified atom stereocenters. The van der Waals surface area contributed by atoms with Gasteiger partial charge < -0.3 is 9.64 Å². The van der Waals surface area contributed by atoms with Crippen LogP contribution in [0, 0.1) is 4.91 Å². The number of fused-ring (bicyclic) bond motifs is 1. The standard InChI is InChI=1S/C20H16F6N2O3S.C2H6/c21-19(22,23)18(27-30,20(24,25)26)14-6-7-15-16(10-14)32-9-8-28(15)17(29)12-31-11-13-4-2-1-3-5-13;1-2/h1-7,10H,8-9,11-12H2;1-2H3. The van der Waals surface area contributed by atoms with Crippen LogP contribution in [0.5, 0.6) is 0 Å². The number of hydrogen-bond donors (Lipinski definition) is 0. The predicted molar refractivity (Wildman–Crippen MR) is 117 cm³/mol. The molecule has 0 aromatic heterocycles. The van der Waals surface area contributed by atoms with E-state index in [9.17, 15) is 36.0 Å². The van der Waals surface area contributed by atoms with Gasteiger partial charge in [0, 0.05) is 22.8 Å². The molecule has 12 heteroatoms. The molecule has 0 saturated carbocycles. The number of anilines is 1. The van der Waals surface area contributed by atoms with Crippen molar-refractivity contribution in [3.05, 3.63) is 64.6 Å². The van der Waals surface area contributed by atoms with Crippen LogP contribution < -0.4 is 4.90 Å². The third-order valence-electron chi connectivity index (χ3n) is 4.84. The molecule has 0 saturated heterocycles. The Morgan fingerprint density at radius 3 is 2.21 bits per heavy atom. The third kappa shape index (κ3) is 5.54.